The number of likely N-dealkylation sites (N-methyl/N-ethyl adjacent to an activating group) is 1. The largest absolute Gasteiger partial charge is 0.377 e. The SMILES string of the molecule is CCN(C)CCO[C@H]1CC[C@@]2(C)C(=CCC3C2CC[C@@]2(C)C3CC[C@@H]2[C@H](C)CCCC(C)C)C1. The van der Waals surface area contributed by atoms with Gasteiger partial charge in [0, 0.05) is 6.54 Å². The Kier molecular flexibility index (Phi) is 8.61. The zero-order valence-electron chi connectivity index (χ0n) is 23.9. The molecular weight excluding hydrogens is 414 g/mol. The second kappa shape index (κ2) is 11.0. The van der Waals surface area contributed by atoms with Crippen LogP contribution in [-0.4, -0.2) is 37.7 Å². The molecular formula is C32H57NO. The Morgan fingerprint density at radius 3 is 2.56 bits per heavy atom. The molecule has 2 heteroatoms. The van der Waals surface area contributed by atoms with Gasteiger partial charge in [-0.1, -0.05) is 72.5 Å². The first kappa shape index (κ1) is 26.7. The van der Waals surface area contributed by atoms with Crippen molar-refractivity contribution in [2.45, 2.75) is 118 Å². The van der Waals surface area contributed by atoms with Crippen molar-refractivity contribution in [3.05, 3.63) is 11.6 Å². The molecule has 3 unspecified atom stereocenters. The van der Waals surface area contributed by atoms with Crippen LogP contribution in [0.5, 0.6) is 0 Å². The fourth-order valence-corrected chi connectivity index (χ4v) is 9.33. The van der Waals surface area contributed by atoms with E-state index in [1.54, 1.807) is 5.57 Å². The lowest BCUT2D eigenvalue weighted by molar-refractivity contribution is -0.0646. The van der Waals surface area contributed by atoms with Crippen LogP contribution >= 0.6 is 0 Å². The van der Waals surface area contributed by atoms with Crippen molar-refractivity contribution in [3.63, 3.8) is 0 Å². The summed E-state index contributed by atoms with van der Waals surface area (Å²) < 4.78 is 6.38. The highest BCUT2D eigenvalue weighted by molar-refractivity contribution is 5.25. The molecule has 0 heterocycles. The minimum atomic E-state index is 0.450. The van der Waals surface area contributed by atoms with Crippen LogP contribution in [-0.2, 0) is 4.74 Å². The Morgan fingerprint density at radius 2 is 1.82 bits per heavy atom. The minimum absolute atomic E-state index is 0.450. The predicted molar refractivity (Wildman–Crippen MR) is 146 cm³/mol. The number of fused-ring (bicyclic) bond motifs is 5. The molecule has 34 heavy (non-hydrogen) atoms. The molecule has 0 aromatic heterocycles. The van der Waals surface area contributed by atoms with E-state index in [-0.39, 0.29) is 0 Å². The average molecular weight is 472 g/mol. The van der Waals surface area contributed by atoms with Crippen molar-refractivity contribution in [1.29, 1.82) is 0 Å². The number of hydrogen-bond acceptors (Lipinski definition) is 2. The van der Waals surface area contributed by atoms with Gasteiger partial charge in [-0.05, 0) is 111 Å². The fraction of sp³-hybridized carbons (Fsp3) is 0.938. The number of rotatable bonds is 10. The van der Waals surface area contributed by atoms with Gasteiger partial charge < -0.3 is 9.64 Å². The third-order valence-corrected chi connectivity index (χ3v) is 11.6. The first-order valence-electron chi connectivity index (χ1n) is 15.2. The molecule has 4 aliphatic rings. The normalized spacial score (nSPS) is 40.6. The number of ether oxygens (including phenoxy) is 1. The predicted octanol–water partition coefficient (Wildman–Crippen LogP) is 8.36. The van der Waals surface area contributed by atoms with Gasteiger partial charge in [-0.15, -0.1) is 0 Å². The molecule has 2 nitrogen and oxygen atoms in total. The molecule has 196 valence electrons. The fourth-order valence-electron chi connectivity index (χ4n) is 9.33. The molecule has 4 aliphatic carbocycles. The van der Waals surface area contributed by atoms with Gasteiger partial charge in [-0.2, -0.15) is 0 Å². The van der Waals surface area contributed by atoms with Crippen molar-refractivity contribution in [2.24, 2.45) is 46.3 Å². The average Bonchev–Trinajstić information content (AvgIpc) is 3.16. The summed E-state index contributed by atoms with van der Waals surface area (Å²) in [5.74, 6) is 5.57. The number of allylic oxidation sites excluding steroid dienone is 1. The monoisotopic (exact) mass is 471 g/mol. The van der Waals surface area contributed by atoms with Crippen LogP contribution in [0.3, 0.4) is 0 Å². The maximum atomic E-state index is 6.38. The van der Waals surface area contributed by atoms with Crippen LogP contribution in [0, 0.1) is 46.3 Å². The molecule has 3 fully saturated rings. The van der Waals surface area contributed by atoms with Crippen molar-refractivity contribution >= 4 is 0 Å². The molecule has 0 N–H and O–H groups in total. The molecule has 0 radical (unpaired) electrons. The second-order valence-corrected chi connectivity index (χ2v) is 13.9. The summed E-state index contributed by atoms with van der Waals surface area (Å²) in [6.07, 6.45) is 18.6. The van der Waals surface area contributed by atoms with Gasteiger partial charge in [-0.25, -0.2) is 0 Å². The van der Waals surface area contributed by atoms with E-state index in [1.807, 2.05) is 0 Å². The Labute approximate surface area is 212 Å². The number of hydrogen-bond donors (Lipinski definition) is 0. The summed E-state index contributed by atoms with van der Waals surface area (Å²) in [6.45, 7) is 18.0. The molecule has 0 aromatic carbocycles. The Bertz CT molecular complexity index is 699. The zero-order chi connectivity index (χ0) is 24.5. The lowest BCUT2D eigenvalue weighted by Crippen LogP contribution is -2.51. The van der Waals surface area contributed by atoms with E-state index in [2.05, 4.69) is 59.6 Å². The maximum Gasteiger partial charge on any atom is 0.0613 e. The molecule has 0 aliphatic heterocycles. The lowest BCUT2D eigenvalue weighted by atomic mass is 9.47. The molecule has 0 amide bonds. The quantitative estimate of drug-likeness (QED) is 0.297. The molecule has 0 bridgehead atoms. The third-order valence-electron chi connectivity index (χ3n) is 11.6. The smallest absolute Gasteiger partial charge is 0.0613 e. The third kappa shape index (κ3) is 5.20. The maximum absolute atomic E-state index is 6.38. The lowest BCUT2D eigenvalue weighted by Gasteiger charge is -2.58. The molecule has 0 spiro atoms. The standard InChI is InChI=1S/C32H57NO/c1-8-33(7)20-21-34-26-16-18-31(5)25(22-26)12-13-27-29-15-14-28(24(4)11-9-10-23(2)3)32(29,6)19-17-30(27)31/h12,23-24,26-30H,8-11,13-22H2,1-7H3/t24-,26+,27?,28-,29?,30?,31+,32-/m1/s1. The van der Waals surface area contributed by atoms with Crippen LogP contribution in [0.15, 0.2) is 11.6 Å². The molecule has 0 saturated heterocycles. The van der Waals surface area contributed by atoms with E-state index < -0.39 is 0 Å². The molecule has 0 aromatic rings. The number of nitrogens with zero attached hydrogens (tertiary/aromatic N) is 1. The summed E-state index contributed by atoms with van der Waals surface area (Å²) in [5.41, 5.74) is 2.82. The van der Waals surface area contributed by atoms with E-state index >= 15 is 0 Å². The Morgan fingerprint density at radius 1 is 1.03 bits per heavy atom. The van der Waals surface area contributed by atoms with Crippen LogP contribution in [0.25, 0.3) is 0 Å². The first-order valence-corrected chi connectivity index (χ1v) is 15.2. The van der Waals surface area contributed by atoms with E-state index in [9.17, 15) is 0 Å². The van der Waals surface area contributed by atoms with E-state index in [4.69, 9.17) is 4.74 Å². The summed E-state index contributed by atoms with van der Waals surface area (Å²) in [4.78, 5) is 2.36. The minimum Gasteiger partial charge on any atom is -0.377 e. The van der Waals surface area contributed by atoms with E-state index in [0.717, 1.165) is 55.2 Å². The van der Waals surface area contributed by atoms with Crippen LogP contribution in [0.2, 0.25) is 0 Å². The highest BCUT2D eigenvalue weighted by Crippen LogP contribution is 2.67. The highest BCUT2D eigenvalue weighted by Gasteiger charge is 2.59. The molecule has 4 rings (SSSR count). The first-order chi connectivity index (χ1) is 16.2. The molecule has 3 saturated carbocycles. The summed E-state index contributed by atoms with van der Waals surface area (Å²) in [5, 5.41) is 0. The molecule has 8 atom stereocenters. The van der Waals surface area contributed by atoms with Gasteiger partial charge in [0.15, 0.2) is 0 Å². The Balaban J connectivity index is 1.39. The van der Waals surface area contributed by atoms with E-state index in [1.165, 1.54) is 70.6 Å². The summed E-state index contributed by atoms with van der Waals surface area (Å²) >= 11 is 0. The van der Waals surface area contributed by atoms with Crippen LogP contribution < -0.4 is 0 Å². The summed E-state index contributed by atoms with van der Waals surface area (Å²) in [6, 6.07) is 0. The zero-order valence-corrected chi connectivity index (χ0v) is 23.9. The topological polar surface area (TPSA) is 12.5 Å². The van der Waals surface area contributed by atoms with Gasteiger partial charge in [0.25, 0.3) is 0 Å². The van der Waals surface area contributed by atoms with Gasteiger partial charge in [-0.3, -0.25) is 0 Å². The van der Waals surface area contributed by atoms with E-state index in [0.29, 0.717) is 16.9 Å². The second-order valence-electron chi connectivity index (χ2n) is 13.9. The van der Waals surface area contributed by atoms with Gasteiger partial charge in [0.2, 0.25) is 0 Å². The van der Waals surface area contributed by atoms with Gasteiger partial charge in [0.1, 0.15) is 0 Å². The van der Waals surface area contributed by atoms with Crippen molar-refractivity contribution in [1.82, 2.24) is 4.90 Å². The van der Waals surface area contributed by atoms with Crippen molar-refractivity contribution in [2.75, 3.05) is 26.7 Å². The van der Waals surface area contributed by atoms with Crippen molar-refractivity contribution < 1.29 is 4.74 Å². The van der Waals surface area contributed by atoms with Crippen LogP contribution in [0.4, 0.5) is 0 Å². The van der Waals surface area contributed by atoms with Crippen molar-refractivity contribution in [3.8, 4) is 0 Å². The van der Waals surface area contributed by atoms with Gasteiger partial charge >= 0.3 is 0 Å². The van der Waals surface area contributed by atoms with Crippen LogP contribution in [0.1, 0.15) is 112 Å². The highest BCUT2D eigenvalue weighted by atomic mass is 16.5. The van der Waals surface area contributed by atoms with Gasteiger partial charge in [0.05, 0.1) is 12.7 Å². The Hall–Kier alpha value is -0.340. The summed E-state index contributed by atoms with van der Waals surface area (Å²) in [7, 11) is 2.20.